The van der Waals surface area contributed by atoms with E-state index in [0.717, 1.165) is 63.9 Å². The maximum atomic E-state index is 13.4. The van der Waals surface area contributed by atoms with Gasteiger partial charge in [-0.2, -0.15) is 0 Å². The molecule has 1 aliphatic rings. The SMILES string of the molecule is CCNC(=NCc1ccc(F)c(CO)c1)NCCCN1CCOCC1. The maximum absolute atomic E-state index is 13.4. The fourth-order valence-electron chi connectivity index (χ4n) is 2.69. The van der Waals surface area contributed by atoms with E-state index >= 15 is 0 Å². The normalized spacial score (nSPS) is 16.0. The first-order chi connectivity index (χ1) is 12.2. The monoisotopic (exact) mass is 352 g/mol. The van der Waals surface area contributed by atoms with Crippen LogP contribution in [-0.4, -0.2) is 61.9 Å². The molecule has 0 aromatic heterocycles. The van der Waals surface area contributed by atoms with Crippen molar-refractivity contribution in [3.63, 3.8) is 0 Å². The van der Waals surface area contributed by atoms with Gasteiger partial charge >= 0.3 is 0 Å². The number of hydrogen-bond acceptors (Lipinski definition) is 4. The molecule has 1 heterocycles. The van der Waals surface area contributed by atoms with Crippen molar-refractivity contribution < 1.29 is 14.2 Å². The first-order valence-corrected chi connectivity index (χ1v) is 8.93. The van der Waals surface area contributed by atoms with Gasteiger partial charge in [0.2, 0.25) is 0 Å². The molecule has 140 valence electrons. The van der Waals surface area contributed by atoms with Crippen LogP contribution in [0.3, 0.4) is 0 Å². The Balaban J connectivity index is 1.79. The van der Waals surface area contributed by atoms with Crippen LogP contribution in [0.15, 0.2) is 23.2 Å². The highest BCUT2D eigenvalue weighted by Crippen LogP contribution is 2.11. The van der Waals surface area contributed by atoms with E-state index in [1.807, 2.05) is 6.92 Å². The van der Waals surface area contributed by atoms with Gasteiger partial charge in [0.1, 0.15) is 5.82 Å². The molecule has 2 rings (SSSR count). The Hall–Kier alpha value is -1.70. The number of morpholine rings is 1. The van der Waals surface area contributed by atoms with Crippen LogP contribution in [0.4, 0.5) is 4.39 Å². The molecule has 7 heteroatoms. The highest BCUT2D eigenvalue weighted by atomic mass is 19.1. The first kappa shape index (κ1) is 19.6. The summed E-state index contributed by atoms with van der Waals surface area (Å²) in [5.74, 6) is 0.364. The summed E-state index contributed by atoms with van der Waals surface area (Å²) in [5, 5.41) is 15.7. The highest BCUT2D eigenvalue weighted by molar-refractivity contribution is 5.79. The maximum Gasteiger partial charge on any atom is 0.191 e. The predicted molar refractivity (Wildman–Crippen MR) is 97.0 cm³/mol. The summed E-state index contributed by atoms with van der Waals surface area (Å²) in [6.07, 6.45) is 1.04. The van der Waals surface area contributed by atoms with Gasteiger partial charge in [-0.15, -0.1) is 0 Å². The van der Waals surface area contributed by atoms with Crippen molar-refractivity contribution in [1.29, 1.82) is 0 Å². The molecule has 0 radical (unpaired) electrons. The number of hydrogen-bond donors (Lipinski definition) is 3. The molecular formula is C18H29FN4O2. The number of aliphatic hydroxyl groups excluding tert-OH is 1. The molecule has 0 unspecified atom stereocenters. The molecule has 3 N–H and O–H groups in total. The van der Waals surface area contributed by atoms with Gasteiger partial charge in [0.15, 0.2) is 5.96 Å². The Morgan fingerprint density at radius 3 is 2.84 bits per heavy atom. The van der Waals surface area contributed by atoms with Crippen LogP contribution < -0.4 is 10.6 Å². The smallest absolute Gasteiger partial charge is 0.191 e. The van der Waals surface area contributed by atoms with Gasteiger partial charge in [-0.05, 0) is 37.6 Å². The molecule has 0 bridgehead atoms. The standard InChI is InChI=1S/C18H29FN4O2/c1-2-20-18(21-6-3-7-23-8-10-25-11-9-23)22-13-15-4-5-17(19)16(12-15)14-24/h4-5,12,24H,2-3,6-11,13-14H2,1H3,(H2,20,21,22). The second kappa shape index (κ2) is 11.0. The van der Waals surface area contributed by atoms with Gasteiger partial charge in [-0.1, -0.05) is 6.07 Å². The highest BCUT2D eigenvalue weighted by Gasteiger charge is 2.09. The van der Waals surface area contributed by atoms with Gasteiger partial charge in [-0.25, -0.2) is 9.38 Å². The number of nitrogens with one attached hydrogen (secondary N) is 2. The number of benzene rings is 1. The van der Waals surface area contributed by atoms with Crippen molar-refractivity contribution in [2.45, 2.75) is 26.5 Å². The molecule has 1 aliphatic heterocycles. The fourth-order valence-corrected chi connectivity index (χ4v) is 2.69. The number of halogens is 1. The molecule has 1 aromatic rings. The molecule has 0 aliphatic carbocycles. The number of aliphatic imine (C=N–C) groups is 1. The van der Waals surface area contributed by atoms with Gasteiger partial charge in [0.25, 0.3) is 0 Å². The zero-order valence-corrected chi connectivity index (χ0v) is 14.9. The Morgan fingerprint density at radius 2 is 2.12 bits per heavy atom. The third kappa shape index (κ3) is 6.97. The van der Waals surface area contributed by atoms with E-state index in [9.17, 15) is 4.39 Å². The van der Waals surface area contributed by atoms with Crippen molar-refractivity contribution in [3.8, 4) is 0 Å². The Kier molecular flexibility index (Phi) is 8.65. The van der Waals surface area contributed by atoms with E-state index in [2.05, 4.69) is 20.5 Å². The number of ether oxygens (including phenoxy) is 1. The average Bonchev–Trinajstić information content (AvgIpc) is 2.65. The third-order valence-corrected chi connectivity index (χ3v) is 4.09. The molecule has 0 atom stereocenters. The fraction of sp³-hybridized carbons (Fsp3) is 0.611. The van der Waals surface area contributed by atoms with E-state index in [1.54, 1.807) is 12.1 Å². The summed E-state index contributed by atoms with van der Waals surface area (Å²) in [6.45, 7) is 8.48. The largest absolute Gasteiger partial charge is 0.392 e. The lowest BCUT2D eigenvalue weighted by molar-refractivity contribution is 0.0376. The van der Waals surface area contributed by atoms with Crippen LogP contribution in [0.25, 0.3) is 0 Å². The van der Waals surface area contributed by atoms with E-state index < -0.39 is 0 Å². The van der Waals surface area contributed by atoms with E-state index in [0.29, 0.717) is 12.1 Å². The second-order valence-electron chi connectivity index (χ2n) is 6.01. The lowest BCUT2D eigenvalue weighted by Crippen LogP contribution is -2.40. The van der Waals surface area contributed by atoms with Crippen molar-refractivity contribution in [3.05, 3.63) is 35.1 Å². The average molecular weight is 352 g/mol. The van der Waals surface area contributed by atoms with Crippen molar-refractivity contribution in [2.75, 3.05) is 45.9 Å². The first-order valence-electron chi connectivity index (χ1n) is 8.93. The van der Waals surface area contributed by atoms with Crippen molar-refractivity contribution in [1.82, 2.24) is 15.5 Å². The molecule has 0 saturated carbocycles. The van der Waals surface area contributed by atoms with Crippen molar-refractivity contribution in [2.24, 2.45) is 4.99 Å². The third-order valence-electron chi connectivity index (χ3n) is 4.09. The van der Waals surface area contributed by atoms with E-state index in [1.165, 1.54) is 6.07 Å². The molecule has 0 amide bonds. The van der Waals surface area contributed by atoms with Crippen LogP contribution in [0.5, 0.6) is 0 Å². The number of rotatable bonds is 8. The zero-order chi connectivity index (χ0) is 17.9. The van der Waals surface area contributed by atoms with Gasteiger partial charge in [0, 0.05) is 31.7 Å². The predicted octanol–water partition coefficient (Wildman–Crippen LogP) is 1.10. The lowest BCUT2D eigenvalue weighted by Gasteiger charge is -2.26. The summed E-state index contributed by atoms with van der Waals surface area (Å²) in [5.41, 5.74) is 1.17. The molecule has 25 heavy (non-hydrogen) atoms. The minimum Gasteiger partial charge on any atom is -0.392 e. The van der Waals surface area contributed by atoms with E-state index in [4.69, 9.17) is 9.84 Å². The zero-order valence-electron chi connectivity index (χ0n) is 14.9. The van der Waals surface area contributed by atoms with Gasteiger partial charge in [0.05, 0.1) is 26.4 Å². The Morgan fingerprint density at radius 1 is 1.32 bits per heavy atom. The quantitative estimate of drug-likeness (QED) is 0.371. The minimum atomic E-state index is -0.386. The van der Waals surface area contributed by atoms with E-state index in [-0.39, 0.29) is 12.4 Å². The topological polar surface area (TPSA) is 69.1 Å². The number of nitrogens with zero attached hydrogens (tertiary/aromatic N) is 2. The summed E-state index contributed by atoms with van der Waals surface area (Å²) >= 11 is 0. The molecule has 6 nitrogen and oxygen atoms in total. The molecular weight excluding hydrogens is 323 g/mol. The number of guanidine groups is 1. The summed E-state index contributed by atoms with van der Waals surface area (Å²) < 4.78 is 18.8. The van der Waals surface area contributed by atoms with Crippen LogP contribution in [-0.2, 0) is 17.9 Å². The molecule has 1 fully saturated rings. The lowest BCUT2D eigenvalue weighted by atomic mass is 10.1. The van der Waals surface area contributed by atoms with Gasteiger partial charge < -0.3 is 20.5 Å². The molecule has 1 saturated heterocycles. The summed E-state index contributed by atoms with van der Waals surface area (Å²) in [7, 11) is 0. The molecule has 1 aromatic carbocycles. The molecule has 0 spiro atoms. The second-order valence-corrected chi connectivity index (χ2v) is 6.01. The Labute approximate surface area is 149 Å². The van der Waals surface area contributed by atoms with Crippen LogP contribution in [0, 0.1) is 5.82 Å². The summed E-state index contributed by atoms with van der Waals surface area (Å²) in [4.78, 5) is 6.94. The minimum absolute atomic E-state index is 0.302. The Bertz CT molecular complexity index is 548. The summed E-state index contributed by atoms with van der Waals surface area (Å²) in [6, 6.07) is 4.72. The van der Waals surface area contributed by atoms with Crippen molar-refractivity contribution >= 4 is 5.96 Å². The van der Waals surface area contributed by atoms with Crippen LogP contribution >= 0.6 is 0 Å². The van der Waals surface area contributed by atoms with Crippen LogP contribution in [0.2, 0.25) is 0 Å². The van der Waals surface area contributed by atoms with Gasteiger partial charge in [-0.3, -0.25) is 4.90 Å². The number of aliphatic hydroxyl groups is 1. The van der Waals surface area contributed by atoms with Crippen LogP contribution in [0.1, 0.15) is 24.5 Å².